The van der Waals surface area contributed by atoms with E-state index in [1.807, 2.05) is 68.7 Å². The Morgan fingerprint density at radius 2 is 2.00 bits per heavy atom. The van der Waals surface area contributed by atoms with Crippen molar-refractivity contribution in [1.82, 2.24) is 4.98 Å². The van der Waals surface area contributed by atoms with Crippen molar-refractivity contribution in [3.05, 3.63) is 76.5 Å². The minimum Gasteiger partial charge on any atom is -0.441 e. The van der Waals surface area contributed by atoms with Gasteiger partial charge in [0.2, 0.25) is 0 Å². The van der Waals surface area contributed by atoms with Crippen LogP contribution in [-0.2, 0) is 16.1 Å². The van der Waals surface area contributed by atoms with Gasteiger partial charge in [0, 0.05) is 11.5 Å². The van der Waals surface area contributed by atoms with Crippen LogP contribution >= 0.6 is 0 Å². The number of benzene rings is 1. The number of hydrogen-bond donors (Lipinski definition) is 1. The molecule has 0 saturated carbocycles. The van der Waals surface area contributed by atoms with Crippen molar-refractivity contribution in [2.24, 2.45) is 0 Å². The van der Waals surface area contributed by atoms with Gasteiger partial charge in [0.05, 0.1) is 6.04 Å². The molecule has 0 saturated heterocycles. The molecule has 2 aromatic heterocycles. The van der Waals surface area contributed by atoms with Crippen molar-refractivity contribution in [3.63, 3.8) is 0 Å². The van der Waals surface area contributed by atoms with Crippen LogP contribution in [0.25, 0.3) is 10.9 Å². The highest BCUT2D eigenvalue weighted by molar-refractivity contribution is 7.81. The smallest absolute Gasteiger partial charge is 0.441 e. The molecule has 0 unspecified atom stereocenters. The first-order chi connectivity index (χ1) is 14.7. The summed E-state index contributed by atoms with van der Waals surface area (Å²) in [5.74, 6) is -0.109. The molecule has 0 aliphatic carbocycles. The molecule has 2 N–H and O–H groups in total. The number of quaternary nitrogens is 1. The van der Waals surface area contributed by atoms with E-state index >= 15 is 0 Å². The van der Waals surface area contributed by atoms with Crippen molar-refractivity contribution >= 4 is 39.5 Å². The van der Waals surface area contributed by atoms with Gasteiger partial charge in [-0.2, -0.15) is 5.56 Å². The Kier molecular flexibility index (Phi) is 5.33. The van der Waals surface area contributed by atoms with Crippen molar-refractivity contribution in [3.8, 4) is 0 Å². The lowest BCUT2D eigenvalue weighted by Gasteiger charge is -2.20. The summed E-state index contributed by atoms with van der Waals surface area (Å²) in [6.45, 7) is 9.24. The predicted octanol–water partition coefficient (Wildman–Crippen LogP) is 2.36. The number of aryl methyl sites for hydroxylation is 1. The van der Waals surface area contributed by atoms with Crippen LogP contribution in [-0.4, -0.2) is 27.8 Å². The zero-order valence-electron chi connectivity index (χ0n) is 18.2. The molecule has 0 spiro atoms. The second-order valence-corrected chi connectivity index (χ2v) is 9.48. The number of pyridine rings is 1. The van der Waals surface area contributed by atoms with E-state index < -0.39 is 11.7 Å². The third-order valence-electron chi connectivity index (χ3n) is 4.97. The maximum Gasteiger partial charge on any atom is 0.532 e. The molecule has 0 fully saturated rings. The summed E-state index contributed by atoms with van der Waals surface area (Å²) in [6, 6.07) is 10.2. The van der Waals surface area contributed by atoms with Crippen molar-refractivity contribution in [1.29, 1.82) is 0 Å². The fourth-order valence-corrected chi connectivity index (χ4v) is 4.50. The maximum atomic E-state index is 13.6. The third-order valence-corrected chi connectivity index (χ3v) is 5.95. The van der Waals surface area contributed by atoms with Crippen molar-refractivity contribution in [2.45, 2.75) is 40.2 Å². The summed E-state index contributed by atoms with van der Waals surface area (Å²) in [7, 11) is 0. The minimum atomic E-state index is -0.638. The number of aromatic nitrogens is 2. The SMILES string of the molecule is Cc1ccc2c(c1)c(C(=O)[C-]1C=[S+][C-](c3cccnc3)[NH2+]1)[c-](C)[n+]2C(=O)OC(C)(C)C. The van der Waals surface area contributed by atoms with Gasteiger partial charge in [0.15, 0.2) is 16.7 Å². The van der Waals surface area contributed by atoms with Gasteiger partial charge in [-0.1, -0.05) is 23.9 Å². The van der Waals surface area contributed by atoms with Crippen LogP contribution in [0.2, 0.25) is 0 Å². The molecule has 0 atom stereocenters. The van der Waals surface area contributed by atoms with Crippen LogP contribution in [0, 0.1) is 25.3 Å². The first kappa shape index (κ1) is 21.1. The van der Waals surface area contributed by atoms with Gasteiger partial charge < -0.3 is 19.8 Å². The highest BCUT2D eigenvalue weighted by atomic mass is 32.1. The number of fused-ring (bicyclic) bond motifs is 1. The summed E-state index contributed by atoms with van der Waals surface area (Å²) < 4.78 is 7.11. The van der Waals surface area contributed by atoms with Gasteiger partial charge in [-0.3, -0.25) is 0 Å². The third kappa shape index (κ3) is 4.06. The summed E-state index contributed by atoms with van der Waals surface area (Å²) in [6.07, 6.45) is 3.02. The molecule has 1 aliphatic rings. The Balaban J connectivity index is 1.73. The number of carbonyl (C=O) groups is 2. The van der Waals surface area contributed by atoms with E-state index in [4.69, 9.17) is 4.74 Å². The average Bonchev–Trinajstić information content (AvgIpc) is 3.29. The normalized spacial score (nSPS) is 13.8. The lowest BCUT2D eigenvalue weighted by molar-refractivity contribution is -0.581. The molecule has 3 aromatic rings. The van der Waals surface area contributed by atoms with Crippen LogP contribution in [0.4, 0.5) is 4.79 Å². The Morgan fingerprint density at radius 3 is 2.68 bits per heavy atom. The molecule has 160 valence electrons. The first-order valence-electron chi connectivity index (χ1n) is 10.0. The highest BCUT2D eigenvalue weighted by Crippen LogP contribution is 2.25. The fraction of sp³-hybridized carbons (Fsp3) is 0.250. The largest absolute Gasteiger partial charge is 0.532 e. The van der Waals surface area contributed by atoms with Gasteiger partial charge in [0.1, 0.15) is 11.1 Å². The summed E-state index contributed by atoms with van der Waals surface area (Å²) in [4.78, 5) is 30.7. The number of rotatable bonds is 3. The fourth-order valence-electron chi connectivity index (χ4n) is 3.62. The zero-order valence-corrected chi connectivity index (χ0v) is 19.0. The number of nitrogens with zero attached hydrogens (tertiary/aromatic N) is 2. The number of Topliss-reactive ketones (excluding diaryl/α,β-unsaturated/α-hetero) is 1. The second-order valence-electron chi connectivity index (χ2n) is 8.57. The molecule has 1 aromatic carbocycles. The molecule has 1 aliphatic heterocycles. The number of carbonyl (C=O) groups excluding carboxylic acids is 2. The van der Waals surface area contributed by atoms with E-state index in [0.717, 1.165) is 21.9 Å². The van der Waals surface area contributed by atoms with Crippen molar-refractivity contribution in [2.75, 3.05) is 0 Å². The quantitative estimate of drug-likeness (QED) is 0.225. The molecular formula is C24H25N3O3S. The Morgan fingerprint density at radius 1 is 1.23 bits per heavy atom. The first-order valence-corrected chi connectivity index (χ1v) is 10.9. The van der Waals surface area contributed by atoms with Crippen LogP contribution in [0.3, 0.4) is 0 Å². The highest BCUT2D eigenvalue weighted by Gasteiger charge is 2.32. The van der Waals surface area contributed by atoms with Gasteiger partial charge >= 0.3 is 6.09 Å². The maximum absolute atomic E-state index is 13.6. The molecular weight excluding hydrogens is 410 g/mol. The van der Waals surface area contributed by atoms with E-state index in [1.54, 1.807) is 19.3 Å². The van der Waals surface area contributed by atoms with Crippen LogP contribution < -0.4 is 9.88 Å². The van der Waals surface area contributed by atoms with E-state index in [0.29, 0.717) is 22.8 Å². The van der Waals surface area contributed by atoms with Gasteiger partial charge in [-0.25, -0.2) is 9.36 Å². The van der Waals surface area contributed by atoms with Gasteiger partial charge in [0.25, 0.3) is 5.37 Å². The molecule has 0 radical (unpaired) electrons. The molecule has 7 heteroatoms. The minimum absolute atomic E-state index is 0.109. The van der Waals surface area contributed by atoms with E-state index in [-0.39, 0.29) is 5.78 Å². The molecule has 4 rings (SSSR count). The molecule has 0 bridgehead atoms. The summed E-state index contributed by atoms with van der Waals surface area (Å²) in [5.41, 5.74) is 3.12. The number of hydrogen-bond acceptors (Lipinski definition) is 4. The zero-order chi connectivity index (χ0) is 22.3. The lowest BCUT2D eigenvalue weighted by Crippen LogP contribution is -2.86. The lowest BCUT2D eigenvalue weighted by atomic mass is 10.0. The van der Waals surface area contributed by atoms with E-state index in [9.17, 15) is 9.59 Å². The number of ether oxygens (including phenoxy) is 1. The van der Waals surface area contributed by atoms with Gasteiger partial charge in [-0.05, 0) is 52.4 Å². The monoisotopic (exact) mass is 435 g/mol. The van der Waals surface area contributed by atoms with E-state index in [2.05, 4.69) is 4.98 Å². The molecule has 0 amide bonds. The van der Waals surface area contributed by atoms with Gasteiger partial charge in [-0.15, -0.1) is 17.5 Å². The Labute approximate surface area is 185 Å². The average molecular weight is 436 g/mol. The molecule has 3 heterocycles. The molecule has 31 heavy (non-hydrogen) atoms. The van der Waals surface area contributed by atoms with Crippen molar-refractivity contribution < 1.29 is 24.2 Å². The van der Waals surface area contributed by atoms with Crippen LogP contribution in [0.1, 0.15) is 48.0 Å². The van der Waals surface area contributed by atoms with Crippen LogP contribution in [0.5, 0.6) is 0 Å². The molecule has 6 nitrogen and oxygen atoms in total. The standard InChI is InChI=1S/C24H25N3O3S/c1-14-8-9-19-17(11-14)20(15(2)27(19)23(29)30-24(3,4)5)21(28)18-13-31-22(26-18)16-7-6-10-25-12-16/h6-13H,26H2,1-5H3. The summed E-state index contributed by atoms with van der Waals surface area (Å²) >= 11 is 1.50. The number of nitrogens with two attached hydrogens (primary N) is 1. The topological polar surface area (TPSA) is 76.8 Å². The Hall–Kier alpha value is -3.16. The Bertz CT molecular complexity index is 1190. The number of ketones is 1. The summed E-state index contributed by atoms with van der Waals surface area (Å²) in [5, 5.41) is 5.47. The van der Waals surface area contributed by atoms with Crippen LogP contribution in [0.15, 0.2) is 42.7 Å². The predicted molar refractivity (Wildman–Crippen MR) is 120 cm³/mol. The second kappa shape index (κ2) is 7.83. The van der Waals surface area contributed by atoms with E-state index in [1.165, 1.54) is 15.9 Å².